The summed E-state index contributed by atoms with van der Waals surface area (Å²) in [6.45, 7) is 15.6. The lowest BCUT2D eigenvalue weighted by Gasteiger charge is -2.30. The van der Waals surface area contributed by atoms with E-state index in [0.29, 0.717) is 18.8 Å². The van der Waals surface area contributed by atoms with Gasteiger partial charge in [-0.3, -0.25) is 4.79 Å². The number of hydrogen-bond acceptors (Lipinski definition) is 6. The van der Waals surface area contributed by atoms with Crippen LogP contribution in [-0.2, 0) is 10.8 Å². The monoisotopic (exact) mass is 508 g/mol. The summed E-state index contributed by atoms with van der Waals surface area (Å²) >= 11 is 1.65. The van der Waals surface area contributed by atoms with Gasteiger partial charge in [-0.05, 0) is 54.4 Å². The second-order valence-corrected chi connectivity index (χ2v) is 12.8. The lowest BCUT2D eigenvalue weighted by atomic mass is 9.78. The van der Waals surface area contributed by atoms with E-state index in [1.165, 1.54) is 6.07 Å². The summed E-state index contributed by atoms with van der Waals surface area (Å²) in [7, 11) is 0. The van der Waals surface area contributed by atoms with Gasteiger partial charge in [0.25, 0.3) is 5.91 Å². The van der Waals surface area contributed by atoms with Crippen LogP contribution in [0.5, 0.6) is 5.75 Å². The van der Waals surface area contributed by atoms with Crippen LogP contribution in [0.15, 0.2) is 38.9 Å². The van der Waals surface area contributed by atoms with E-state index in [1.54, 1.807) is 29.2 Å². The van der Waals surface area contributed by atoms with Crippen molar-refractivity contribution >= 4 is 17.2 Å². The second-order valence-electron chi connectivity index (χ2n) is 11.9. The largest absolute Gasteiger partial charge is 0.507 e. The normalized spacial score (nSPS) is 15.4. The van der Waals surface area contributed by atoms with Crippen LogP contribution in [0.4, 0.5) is 0 Å². The lowest BCUT2D eigenvalue weighted by Crippen LogP contribution is -2.38. The van der Waals surface area contributed by atoms with Crippen LogP contribution in [0.1, 0.15) is 92.6 Å². The number of likely N-dealkylation sites (tertiary alicyclic amines) is 1. The molecular formula is C29H36N2O4S. The maximum atomic E-state index is 12.8. The molecule has 192 valence electrons. The van der Waals surface area contributed by atoms with Crippen molar-refractivity contribution in [1.82, 2.24) is 9.88 Å². The highest BCUT2D eigenvalue weighted by molar-refractivity contribution is 7.10. The lowest BCUT2D eigenvalue weighted by molar-refractivity contribution is 0.0675. The number of piperidine rings is 1. The van der Waals surface area contributed by atoms with Gasteiger partial charge in [0.05, 0.1) is 10.7 Å². The number of phenols is 1. The molecule has 3 aromatic rings. The zero-order chi connectivity index (χ0) is 26.4. The minimum atomic E-state index is -0.498. The molecule has 36 heavy (non-hydrogen) atoms. The van der Waals surface area contributed by atoms with E-state index < -0.39 is 5.63 Å². The van der Waals surface area contributed by atoms with E-state index in [0.717, 1.165) is 45.8 Å². The highest BCUT2D eigenvalue weighted by Crippen LogP contribution is 2.42. The Morgan fingerprint density at radius 1 is 1.03 bits per heavy atom. The predicted molar refractivity (Wildman–Crippen MR) is 144 cm³/mol. The van der Waals surface area contributed by atoms with Crippen LogP contribution in [0.2, 0.25) is 0 Å². The van der Waals surface area contributed by atoms with Crippen molar-refractivity contribution < 1.29 is 14.3 Å². The molecule has 7 heteroatoms. The highest BCUT2D eigenvalue weighted by atomic mass is 32.1. The standard InChI is InChI=1S/C29H36N2O4S/c1-17-12-23(35-24(32)13-17)27(34)31-10-8-18(9-11-31)26-30-22(16-36-26)19-14-20(28(2,3)4)25(33)21(15-19)29(5,6)7/h12-16,18,33H,8-11H2,1-7H3. The third kappa shape index (κ3) is 5.41. The zero-order valence-electron chi connectivity index (χ0n) is 22.3. The maximum Gasteiger partial charge on any atom is 0.336 e. The Kier molecular flexibility index (Phi) is 6.90. The summed E-state index contributed by atoms with van der Waals surface area (Å²) in [6.07, 6.45) is 1.62. The van der Waals surface area contributed by atoms with Crippen molar-refractivity contribution in [3.8, 4) is 17.0 Å². The van der Waals surface area contributed by atoms with E-state index in [9.17, 15) is 14.7 Å². The van der Waals surface area contributed by atoms with Gasteiger partial charge in [-0.1, -0.05) is 41.5 Å². The van der Waals surface area contributed by atoms with Gasteiger partial charge in [0.1, 0.15) is 5.75 Å². The second kappa shape index (κ2) is 9.51. The minimum Gasteiger partial charge on any atom is -0.507 e. The Bertz CT molecular complexity index is 1300. The van der Waals surface area contributed by atoms with Crippen molar-refractivity contribution in [3.05, 3.63) is 67.5 Å². The van der Waals surface area contributed by atoms with Gasteiger partial charge in [-0.25, -0.2) is 9.78 Å². The average molecular weight is 509 g/mol. The van der Waals surface area contributed by atoms with Crippen molar-refractivity contribution in [1.29, 1.82) is 0 Å². The van der Waals surface area contributed by atoms with E-state index in [2.05, 4.69) is 59.1 Å². The Labute approximate surface area is 217 Å². The first-order valence-electron chi connectivity index (χ1n) is 12.5. The predicted octanol–water partition coefficient (Wildman–Crippen LogP) is 6.39. The van der Waals surface area contributed by atoms with Crippen LogP contribution >= 0.6 is 11.3 Å². The summed E-state index contributed by atoms with van der Waals surface area (Å²) < 4.78 is 5.14. The molecular weight excluding hydrogens is 472 g/mol. The van der Waals surface area contributed by atoms with Gasteiger partial charge in [0.15, 0.2) is 5.76 Å². The van der Waals surface area contributed by atoms with Crippen molar-refractivity contribution in [2.45, 2.75) is 78.1 Å². The molecule has 0 unspecified atom stereocenters. The number of rotatable bonds is 3. The van der Waals surface area contributed by atoms with Crippen molar-refractivity contribution in [2.24, 2.45) is 0 Å². The smallest absolute Gasteiger partial charge is 0.336 e. The molecule has 1 fully saturated rings. The van der Waals surface area contributed by atoms with E-state index >= 15 is 0 Å². The molecule has 3 heterocycles. The van der Waals surface area contributed by atoms with Gasteiger partial charge >= 0.3 is 5.63 Å². The molecule has 2 aromatic heterocycles. The fourth-order valence-corrected chi connectivity index (χ4v) is 5.73. The fourth-order valence-electron chi connectivity index (χ4n) is 4.73. The third-order valence-corrected chi connectivity index (χ3v) is 7.81. The molecule has 1 N–H and O–H groups in total. The minimum absolute atomic E-state index is 0.103. The number of carbonyl (C=O) groups is 1. The molecule has 1 aromatic carbocycles. The van der Waals surface area contributed by atoms with Crippen LogP contribution in [0, 0.1) is 6.92 Å². The summed E-state index contributed by atoms with van der Waals surface area (Å²) in [5.41, 5.74) is 3.62. The Morgan fingerprint density at radius 2 is 1.61 bits per heavy atom. The molecule has 0 radical (unpaired) electrons. The molecule has 1 aliphatic heterocycles. The molecule has 0 aliphatic carbocycles. The maximum absolute atomic E-state index is 12.8. The highest BCUT2D eigenvalue weighted by Gasteiger charge is 2.29. The number of aromatic nitrogens is 1. The molecule has 1 aliphatic rings. The van der Waals surface area contributed by atoms with Crippen molar-refractivity contribution in [3.63, 3.8) is 0 Å². The van der Waals surface area contributed by atoms with Crippen LogP contribution in [-0.4, -0.2) is 34.0 Å². The van der Waals surface area contributed by atoms with Gasteiger partial charge in [0.2, 0.25) is 0 Å². The quantitative estimate of drug-likeness (QED) is 0.443. The first-order valence-corrected chi connectivity index (χ1v) is 13.4. The first kappa shape index (κ1) is 26.1. The number of thiazole rings is 1. The molecule has 1 saturated heterocycles. The number of aromatic hydroxyl groups is 1. The van der Waals surface area contributed by atoms with Crippen molar-refractivity contribution in [2.75, 3.05) is 13.1 Å². The van der Waals surface area contributed by atoms with E-state index in [-0.39, 0.29) is 28.4 Å². The van der Waals surface area contributed by atoms with Crippen LogP contribution in [0.3, 0.4) is 0 Å². The van der Waals surface area contributed by atoms with E-state index in [4.69, 9.17) is 9.40 Å². The SMILES string of the molecule is Cc1cc(C(=O)N2CCC(c3nc(-c4cc(C(C)(C)C)c(O)c(C(C)(C)C)c4)cs3)CC2)oc(=O)c1. The first-order chi connectivity index (χ1) is 16.7. The van der Waals surface area contributed by atoms with E-state index in [1.807, 2.05) is 0 Å². The number of hydrogen-bond donors (Lipinski definition) is 1. The van der Waals surface area contributed by atoms with Gasteiger partial charge < -0.3 is 14.4 Å². The number of benzene rings is 1. The summed E-state index contributed by atoms with van der Waals surface area (Å²) in [5.74, 6) is 0.517. The molecule has 0 bridgehead atoms. The number of amides is 1. The molecule has 1 amide bonds. The molecule has 0 spiro atoms. The zero-order valence-corrected chi connectivity index (χ0v) is 23.1. The van der Waals surface area contributed by atoms with Gasteiger partial charge in [0, 0.05) is 47.1 Å². The number of phenolic OH excluding ortho intramolecular Hbond substituents is 1. The van der Waals surface area contributed by atoms with Gasteiger partial charge in [-0.15, -0.1) is 11.3 Å². The number of nitrogens with zero attached hydrogens (tertiary/aromatic N) is 2. The van der Waals surface area contributed by atoms with Crippen LogP contribution < -0.4 is 5.63 Å². The Balaban J connectivity index is 1.54. The molecule has 0 saturated carbocycles. The summed E-state index contributed by atoms with van der Waals surface area (Å²) in [4.78, 5) is 31.3. The van der Waals surface area contributed by atoms with Crippen LogP contribution in [0.25, 0.3) is 11.3 Å². The Hall–Kier alpha value is -2.93. The fraction of sp³-hybridized carbons (Fsp3) is 0.483. The molecule has 4 rings (SSSR count). The number of aryl methyl sites for hydroxylation is 1. The summed E-state index contributed by atoms with van der Waals surface area (Å²) in [6, 6.07) is 7.14. The third-order valence-electron chi connectivity index (χ3n) is 6.80. The number of carbonyl (C=O) groups excluding carboxylic acids is 1. The Morgan fingerprint density at radius 3 is 2.14 bits per heavy atom. The topological polar surface area (TPSA) is 83.6 Å². The summed E-state index contributed by atoms with van der Waals surface area (Å²) in [5, 5.41) is 14.2. The average Bonchev–Trinajstić information content (AvgIpc) is 3.27. The molecule has 6 nitrogen and oxygen atoms in total. The van der Waals surface area contributed by atoms with Gasteiger partial charge in [-0.2, -0.15) is 0 Å². The molecule has 0 atom stereocenters.